The van der Waals surface area contributed by atoms with Gasteiger partial charge in [-0.25, -0.2) is 0 Å². The number of aromatic nitrogens is 1. The largest absolute Gasteiger partial charge is 0.352 e. The number of rotatable bonds is 3. The molecular formula is C9H12N2O. The molecule has 1 N–H and O–H groups in total. The summed E-state index contributed by atoms with van der Waals surface area (Å²) in [4.78, 5) is 14.8. The van der Waals surface area contributed by atoms with Crippen LogP contribution in [0, 0.1) is 0 Å². The predicted octanol–water partition coefficient (Wildman–Crippen LogP) is 1.11. The van der Waals surface area contributed by atoms with Crippen LogP contribution in [0.15, 0.2) is 24.5 Å². The van der Waals surface area contributed by atoms with Gasteiger partial charge in [-0.15, -0.1) is 0 Å². The fourth-order valence-corrected chi connectivity index (χ4v) is 0.828. The lowest BCUT2D eigenvalue weighted by molar-refractivity contribution is -0.120. The van der Waals surface area contributed by atoms with E-state index in [1.807, 2.05) is 19.1 Å². The number of amides is 1. The number of hydrogen-bond acceptors (Lipinski definition) is 2. The van der Waals surface area contributed by atoms with Crippen LogP contribution in [0.1, 0.15) is 18.9 Å². The molecule has 0 bridgehead atoms. The standard InChI is InChI=1S/C9H12N2O/c1-2-9(12)11-7-8-4-3-5-10-6-8/h3-6H,2,7H2,1H3,(H,11,12). The average Bonchev–Trinajstić information content (AvgIpc) is 2.16. The van der Waals surface area contributed by atoms with Crippen molar-refractivity contribution in [3.8, 4) is 0 Å². The monoisotopic (exact) mass is 164 g/mol. The molecule has 0 atom stereocenters. The minimum atomic E-state index is 0.0684. The zero-order valence-electron chi connectivity index (χ0n) is 7.08. The van der Waals surface area contributed by atoms with Gasteiger partial charge >= 0.3 is 0 Å². The molecule has 0 radical (unpaired) electrons. The molecule has 0 aromatic carbocycles. The molecular weight excluding hydrogens is 152 g/mol. The van der Waals surface area contributed by atoms with Gasteiger partial charge in [0, 0.05) is 25.4 Å². The third-order valence-corrected chi connectivity index (χ3v) is 1.53. The Hall–Kier alpha value is -1.38. The summed E-state index contributed by atoms with van der Waals surface area (Å²) >= 11 is 0. The van der Waals surface area contributed by atoms with E-state index in [4.69, 9.17) is 0 Å². The summed E-state index contributed by atoms with van der Waals surface area (Å²) < 4.78 is 0. The summed E-state index contributed by atoms with van der Waals surface area (Å²) in [6.45, 7) is 2.40. The predicted molar refractivity (Wildman–Crippen MR) is 46.4 cm³/mol. The fourth-order valence-electron chi connectivity index (χ4n) is 0.828. The first-order chi connectivity index (χ1) is 5.83. The van der Waals surface area contributed by atoms with Crippen molar-refractivity contribution in [1.29, 1.82) is 0 Å². The van der Waals surface area contributed by atoms with Crippen molar-refractivity contribution in [2.24, 2.45) is 0 Å². The minimum Gasteiger partial charge on any atom is -0.352 e. The molecule has 1 aromatic heterocycles. The van der Waals surface area contributed by atoms with Crippen LogP contribution in [0.2, 0.25) is 0 Å². The van der Waals surface area contributed by atoms with Crippen LogP contribution in [0.4, 0.5) is 0 Å². The van der Waals surface area contributed by atoms with E-state index in [0.29, 0.717) is 13.0 Å². The van der Waals surface area contributed by atoms with E-state index in [9.17, 15) is 4.79 Å². The third-order valence-electron chi connectivity index (χ3n) is 1.53. The van der Waals surface area contributed by atoms with Crippen LogP contribution in [-0.4, -0.2) is 10.9 Å². The Morgan fingerprint density at radius 2 is 2.50 bits per heavy atom. The lowest BCUT2D eigenvalue weighted by atomic mass is 10.3. The normalized spacial score (nSPS) is 9.42. The third kappa shape index (κ3) is 2.70. The Morgan fingerprint density at radius 3 is 3.08 bits per heavy atom. The second kappa shape index (κ2) is 4.49. The van der Waals surface area contributed by atoms with Crippen LogP contribution in [0.25, 0.3) is 0 Å². The quantitative estimate of drug-likeness (QED) is 0.727. The van der Waals surface area contributed by atoms with Crippen molar-refractivity contribution in [3.63, 3.8) is 0 Å². The molecule has 0 saturated carbocycles. The number of carbonyl (C=O) groups excluding carboxylic acids is 1. The van der Waals surface area contributed by atoms with E-state index in [1.54, 1.807) is 12.4 Å². The van der Waals surface area contributed by atoms with Crippen molar-refractivity contribution in [2.75, 3.05) is 0 Å². The zero-order valence-corrected chi connectivity index (χ0v) is 7.08. The smallest absolute Gasteiger partial charge is 0.219 e. The fraction of sp³-hybridized carbons (Fsp3) is 0.333. The van der Waals surface area contributed by atoms with Gasteiger partial charge in [0.1, 0.15) is 0 Å². The molecule has 64 valence electrons. The zero-order chi connectivity index (χ0) is 8.81. The molecule has 0 aliphatic rings. The number of pyridine rings is 1. The van der Waals surface area contributed by atoms with E-state index < -0.39 is 0 Å². The molecule has 1 aromatic rings. The van der Waals surface area contributed by atoms with Crippen molar-refractivity contribution in [1.82, 2.24) is 10.3 Å². The Balaban J connectivity index is 2.38. The van der Waals surface area contributed by atoms with E-state index >= 15 is 0 Å². The van der Waals surface area contributed by atoms with E-state index in [1.165, 1.54) is 0 Å². The van der Waals surface area contributed by atoms with Crippen LogP contribution in [0.3, 0.4) is 0 Å². The first kappa shape index (κ1) is 8.71. The molecule has 1 amide bonds. The molecule has 0 aliphatic carbocycles. The first-order valence-corrected chi connectivity index (χ1v) is 3.98. The molecule has 0 aliphatic heterocycles. The summed E-state index contributed by atoms with van der Waals surface area (Å²) in [5.41, 5.74) is 1.03. The first-order valence-electron chi connectivity index (χ1n) is 3.98. The van der Waals surface area contributed by atoms with Crippen LogP contribution in [0.5, 0.6) is 0 Å². The summed E-state index contributed by atoms with van der Waals surface area (Å²) in [6, 6.07) is 3.79. The molecule has 0 fully saturated rings. The van der Waals surface area contributed by atoms with Crippen molar-refractivity contribution in [2.45, 2.75) is 19.9 Å². The highest BCUT2D eigenvalue weighted by Crippen LogP contribution is 1.94. The second-order valence-electron chi connectivity index (χ2n) is 2.49. The summed E-state index contributed by atoms with van der Waals surface area (Å²) in [7, 11) is 0. The summed E-state index contributed by atoms with van der Waals surface area (Å²) in [5.74, 6) is 0.0684. The summed E-state index contributed by atoms with van der Waals surface area (Å²) in [6.07, 6.45) is 3.99. The van der Waals surface area contributed by atoms with Gasteiger partial charge in [-0.3, -0.25) is 9.78 Å². The highest BCUT2D eigenvalue weighted by molar-refractivity contribution is 5.75. The number of nitrogens with zero attached hydrogens (tertiary/aromatic N) is 1. The molecule has 3 nitrogen and oxygen atoms in total. The summed E-state index contributed by atoms with van der Waals surface area (Å²) in [5, 5.41) is 2.77. The van der Waals surface area contributed by atoms with Gasteiger partial charge in [0.25, 0.3) is 0 Å². The molecule has 0 spiro atoms. The number of hydrogen-bond donors (Lipinski definition) is 1. The van der Waals surface area contributed by atoms with Crippen LogP contribution >= 0.6 is 0 Å². The SMILES string of the molecule is CCC(=O)NCc1cccnc1. The molecule has 12 heavy (non-hydrogen) atoms. The molecule has 1 heterocycles. The van der Waals surface area contributed by atoms with E-state index in [0.717, 1.165) is 5.56 Å². The Morgan fingerprint density at radius 1 is 1.67 bits per heavy atom. The van der Waals surface area contributed by atoms with E-state index in [2.05, 4.69) is 10.3 Å². The van der Waals surface area contributed by atoms with Crippen molar-refractivity contribution in [3.05, 3.63) is 30.1 Å². The van der Waals surface area contributed by atoms with Gasteiger partial charge in [-0.05, 0) is 11.6 Å². The Bertz CT molecular complexity index is 246. The van der Waals surface area contributed by atoms with Crippen LogP contribution < -0.4 is 5.32 Å². The van der Waals surface area contributed by atoms with Crippen molar-refractivity contribution < 1.29 is 4.79 Å². The van der Waals surface area contributed by atoms with Gasteiger partial charge in [0.05, 0.1) is 0 Å². The minimum absolute atomic E-state index is 0.0684. The van der Waals surface area contributed by atoms with Gasteiger partial charge in [-0.1, -0.05) is 13.0 Å². The Kier molecular flexibility index (Phi) is 3.26. The lowest BCUT2D eigenvalue weighted by Gasteiger charge is -2.01. The maximum absolute atomic E-state index is 10.9. The van der Waals surface area contributed by atoms with Crippen molar-refractivity contribution >= 4 is 5.91 Å². The van der Waals surface area contributed by atoms with Crippen LogP contribution in [-0.2, 0) is 11.3 Å². The molecule has 1 rings (SSSR count). The maximum atomic E-state index is 10.9. The van der Waals surface area contributed by atoms with Gasteiger partial charge in [-0.2, -0.15) is 0 Å². The average molecular weight is 164 g/mol. The number of nitrogens with one attached hydrogen (secondary N) is 1. The lowest BCUT2D eigenvalue weighted by Crippen LogP contribution is -2.21. The molecule has 3 heteroatoms. The Labute approximate surface area is 71.8 Å². The van der Waals surface area contributed by atoms with Gasteiger partial charge < -0.3 is 5.32 Å². The van der Waals surface area contributed by atoms with E-state index in [-0.39, 0.29) is 5.91 Å². The topological polar surface area (TPSA) is 42.0 Å². The second-order valence-corrected chi connectivity index (χ2v) is 2.49. The highest BCUT2D eigenvalue weighted by Gasteiger charge is 1.95. The van der Waals surface area contributed by atoms with Gasteiger partial charge in [0.15, 0.2) is 0 Å². The molecule has 0 unspecified atom stereocenters. The maximum Gasteiger partial charge on any atom is 0.219 e. The highest BCUT2D eigenvalue weighted by atomic mass is 16.1. The van der Waals surface area contributed by atoms with Gasteiger partial charge in [0.2, 0.25) is 5.91 Å². The molecule has 0 saturated heterocycles. The number of carbonyl (C=O) groups is 1.